The lowest BCUT2D eigenvalue weighted by Gasteiger charge is -2.21. The van der Waals surface area contributed by atoms with Crippen LogP contribution in [0.3, 0.4) is 0 Å². The number of amides is 3. The van der Waals surface area contributed by atoms with E-state index in [9.17, 15) is 14.4 Å². The summed E-state index contributed by atoms with van der Waals surface area (Å²) in [6, 6.07) is 2.97. The second kappa shape index (κ2) is 5.53. The first-order chi connectivity index (χ1) is 10.1. The average Bonchev–Trinajstić information content (AvgIpc) is 2.80. The van der Waals surface area contributed by atoms with Gasteiger partial charge in [0.1, 0.15) is 10.9 Å². The maximum atomic E-state index is 12.3. The van der Waals surface area contributed by atoms with Crippen molar-refractivity contribution in [2.75, 3.05) is 0 Å². The molecule has 0 aliphatic carbocycles. The predicted octanol–water partition coefficient (Wildman–Crippen LogP) is 1.59. The molecule has 0 spiro atoms. The van der Waals surface area contributed by atoms with Crippen LogP contribution in [0, 0.1) is 0 Å². The number of carbonyl (C=O) groups excluding carboxylic acids is 3. The average molecular weight is 368 g/mol. The molecule has 1 unspecified atom stereocenters. The lowest BCUT2D eigenvalue weighted by Crippen LogP contribution is -2.52. The molecule has 1 saturated heterocycles. The van der Waals surface area contributed by atoms with E-state index in [4.69, 9.17) is 0 Å². The third-order valence-corrected chi connectivity index (χ3v) is 5.07. The van der Waals surface area contributed by atoms with Gasteiger partial charge in [-0.25, -0.2) is 0 Å². The Kier molecular flexibility index (Phi) is 3.73. The zero-order chi connectivity index (χ0) is 15.0. The topological polar surface area (TPSA) is 88.2 Å². The minimum absolute atomic E-state index is 0.226. The molecule has 1 aliphatic heterocycles. The SMILES string of the molecule is O=C1CCC(NC(=O)c2sc(Br)c3cccnc23)C(=O)N1. The largest absolute Gasteiger partial charge is 0.339 e. The van der Waals surface area contributed by atoms with E-state index in [1.165, 1.54) is 11.3 Å². The van der Waals surface area contributed by atoms with Crippen LogP contribution in [0.15, 0.2) is 22.1 Å². The minimum Gasteiger partial charge on any atom is -0.339 e. The molecule has 8 heteroatoms. The standard InChI is InChI=1S/C13H10BrN3O3S/c14-11-6-2-1-5-15-9(6)10(21-11)13(20)16-7-3-4-8(18)17-12(7)19/h1-2,5,7H,3-4H2,(H,16,20)(H,17,18,19). The molecule has 0 bridgehead atoms. The van der Waals surface area contributed by atoms with E-state index in [1.807, 2.05) is 6.07 Å². The number of hydrogen-bond acceptors (Lipinski definition) is 5. The number of imide groups is 1. The molecule has 3 heterocycles. The number of carbonyl (C=O) groups is 3. The van der Waals surface area contributed by atoms with Gasteiger partial charge in [-0.3, -0.25) is 24.7 Å². The molecule has 21 heavy (non-hydrogen) atoms. The van der Waals surface area contributed by atoms with Crippen LogP contribution < -0.4 is 10.6 Å². The van der Waals surface area contributed by atoms with Gasteiger partial charge in [0, 0.05) is 18.0 Å². The van der Waals surface area contributed by atoms with E-state index in [1.54, 1.807) is 12.3 Å². The van der Waals surface area contributed by atoms with E-state index >= 15 is 0 Å². The molecule has 0 saturated carbocycles. The van der Waals surface area contributed by atoms with Crippen molar-refractivity contribution in [2.24, 2.45) is 0 Å². The molecule has 1 atom stereocenters. The first-order valence-electron chi connectivity index (χ1n) is 6.24. The fraction of sp³-hybridized carbons (Fsp3) is 0.231. The maximum Gasteiger partial charge on any atom is 0.264 e. The second-order valence-electron chi connectivity index (χ2n) is 4.58. The van der Waals surface area contributed by atoms with Gasteiger partial charge in [-0.1, -0.05) is 0 Å². The normalized spacial score (nSPS) is 18.6. The Morgan fingerprint density at radius 3 is 3.05 bits per heavy atom. The summed E-state index contributed by atoms with van der Waals surface area (Å²) in [6.07, 6.45) is 2.16. The number of pyridine rings is 1. The summed E-state index contributed by atoms with van der Waals surface area (Å²) in [4.78, 5) is 39.8. The van der Waals surface area contributed by atoms with Crippen molar-refractivity contribution in [1.82, 2.24) is 15.6 Å². The zero-order valence-electron chi connectivity index (χ0n) is 10.7. The van der Waals surface area contributed by atoms with Crippen molar-refractivity contribution in [2.45, 2.75) is 18.9 Å². The van der Waals surface area contributed by atoms with E-state index in [-0.39, 0.29) is 18.2 Å². The summed E-state index contributed by atoms with van der Waals surface area (Å²) in [5, 5.41) is 5.73. The lowest BCUT2D eigenvalue weighted by molar-refractivity contribution is -0.134. The number of nitrogens with one attached hydrogen (secondary N) is 2. The Morgan fingerprint density at radius 1 is 1.48 bits per heavy atom. The second-order valence-corrected chi connectivity index (χ2v) is 6.92. The van der Waals surface area contributed by atoms with Crippen LogP contribution >= 0.6 is 27.3 Å². The quantitative estimate of drug-likeness (QED) is 0.789. The van der Waals surface area contributed by atoms with Gasteiger partial charge in [-0.05, 0) is 34.5 Å². The highest BCUT2D eigenvalue weighted by Gasteiger charge is 2.29. The van der Waals surface area contributed by atoms with Crippen LogP contribution in [-0.2, 0) is 9.59 Å². The Labute approximate surface area is 132 Å². The maximum absolute atomic E-state index is 12.3. The highest BCUT2D eigenvalue weighted by Crippen LogP contribution is 2.34. The summed E-state index contributed by atoms with van der Waals surface area (Å²) >= 11 is 4.68. The van der Waals surface area contributed by atoms with Gasteiger partial charge in [-0.15, -0.1) is 11.3 Å². The number of hydrogen-bond donors (Lipinski definition) is 2. The number of nitrogens with zero attached hydrogens (tertiary/aromatic N) is 1. The first kappa shape index (κ1) is 14.2. The molecular formula is C13H10BrN3O3S. The van der Waals surface area contributed by atoms with E-state index in [0.29, 0.717) is 16.8 Å². The summed E-state index contributed by atoms with van der Waals surface area (Å²) in [7, 11) is 0. The zero-order valence-corrected chi connectivity index (χ0v) is 13.1. The van der Waals surface area contributed by atoms with Gasteiger partial charge in [0.25, 0.3) is 5.91 Å². The molecule has 3 amide bonds. The molecule has 2 aromatic heterocycles. The number of fused-ring (bicyclic) bond motifs is 1. The van der Waals surface area contributed by atoms with Gasteiger partial charge in [-0.2, -0.15) is 0 Å². The lowest BCUT2D eigenvalue weighted by atomic mass is 10.1. The van der Waals surface area contributed by atoms with Crippen molar-refractivity contribution in [3.05, 3.63) is 27.0 Å². The Hall–Kier alpha value is -1.80. The number of halogens is 1. The summed E-state index contributed by atoms with van der Waals surface area (Å²) in [5.74, 6) is -1.13. The van der Waals surface area contributed by atoms with Gasteiger partial charge >= 0.3 is 0 Å². The monoisotopic (exact) mass is 367 g/mol. The highest BCUT2D eigenvalue weighted by atomic mass is 79.9. The van der Waals surface area contributed by atoms with Crippen molar-refractivity contribution < 1.29 is 14.4 Å². The number of thiophene rings is 1. The van der Waals surface area contributed by atoms with E-state index < -0.39 is 11.9 Å². The molecule has 6 nitrogen and oxygen atoms in total. The fourth-order valence-corrected chi connectivity index (χ4v) is 3.82. The summed E-state index contributed by atoms with van der Waals surface area (Å²) < 4.78 is 0.819. The third kappa shape index (κ3) is 2.68. The van der Waals surface area contributed by atoms with Gasteiger partial charge in [0.2, 0.25) is 11.8 Å². The van der Waals surface area contributed by atoms with Crippen LogP contribution in [0.25, 0.3) is 10.9 Å². The Balaban J connectivity index is 1.85. The number of piperidine rings is 1. The van der Waals surface area contributed by atoms with Crippen LogP contribution in [0.2, 0.25) is 0 Å². The first-order valence-corrected chi connectivity index (χ1v) is 7.85. The molecule has 3 rings (SSSR count). The van der Waals surface area contributed by atoms with Crippen molar-refractivity contribution in [1.29, 1.82) is 0 Å². The Bertz CT molecular complexity index is 758. The molecule has 0 aromatic carbocycles. The van der Waals surface area contributed by atoms with Crippen molar-refractivity contribution in [3.8, 4) is 0 Å². The van der Waals surface area contributed by atoms with Crippen LogP contribution in [0.1, 0.15) is 22.5 Å². The van der Waals surface area contributed by atoms with Crippen molar-refractivity contribution >= 4 is 55.9 Å². The van der Waals surface area contributed by atoms with Crippen LogP contribution in [0.5, 0.6) is 0 Å². The van der Waals surface area contributed by atoms with E-state index in [0.717, 1.165) is 9.17 Å². The van der Waals surface area contributed by atoms with Crippen molar-refractivity contribution in [3.63, 3.8) is 0 Å². The summed E-state index contributed by atoms with van der Waals surface area (Å²) in [5.41, 5.74) is 0.596. The number of rotatable bonds is 2. The van der Waals surface area contributed by atoms with Gasteiger partial charge in [0.05, 0.1) is 9.30 Å². The molecule has 0 radical (unpaired) electrons. The molecule has 1 aliphatic rings. The molecule has 1 fully saturated rings. The summed E-state index contributed by atoms with van der Waals surface area (Å²) in [6.45, 7) is 0. The number of aromatic nitrogens is 1. The molecular weight excluding hydrogens is 358 g/mol. The van der Waals surface area contributed by atoms with Crippen LogP contribution in [0.4, 0.5) is 0 Å². The fourth-order valence-electron chi connectivity index (χ4n) is 2.15. The van der Waals surface area contributed by atoms with E-state index in [2.05, 4.69) is 31.5 Å². The minimum atomic E-state index is -0.685. The van der Waals surface area contributed by atoms with Gasteiger partial charge < -0.3 is 5.32 Å². The Morgan fingerprint density at radius 2 is 2.29 bits per heavy atom. The molecule has 2 N–H and O–H groups in total. The third-order valence-electron chi connectivity index (χ3n) is 3.18. The smallest absolute Gasteiger partial charge is 0.264 e. The molecule has 2 aromatic rings. The van der Waals surface area contributed by atoms with Crippen LogP contribution in [-0.4, -0.2) is 28.7 Å². The predicted molar refractivity (Wildman–Crippen MR) is 81.0 cm³/mol. The van der Waals surface area contributed by atoms with Gasteiger partial charge in [0.15, 0.2) is 0 Å². The molecule has 108 valence electrons. The highest BCUT2D eigenvalue weighted by molar-refractivity contribution is 9.11.